The van der Waals surface area contributed by atoms with E-state index in [2.05, 4.69) is 0 Å². The fourth-order valence-corrected chi connectivity index (χ4v) is 5.30. The number of hydrogen-bond acceptors (Lipinski definition) is 4. The molecule has 0 N–H and O–H groups in total. The molecule has 146 valence electrons. The zero-order valence-corrected chi connectivity index (χ0v) is 17.0. The van der Waals surface area contributed by atoms with E-state index in [0.717, 1.165) is 35.4 Å². The molecule has 5 nitrogen and oxygen atoms in total. The fourth-order valence-electron chi connectivity index (χ4n) is 3.97. The van der Waals surface area contributed by atoms with E-state index >= 15 is 0 Å². The van der Waals surface area contributed by atoms with Gasteiger partial charge in [-0.15, -0.1) is 11.8 Å². The number of anilines is 1. The molecule has 4 rings (SSSR count). The molecule has 1 spiro atoms. The summed E-state index contributed by atoms with van der Waals surface area (Å²) < 4.78 is 5.23. The van der Waals surface area contributed by atoms with Gasteiger partial charge in [0.25, 0.3) is 5.91 Å². The smallest absolute Gasteiger partial charge is 0.253 e. The number of nitrogens with zero attached hydrogens (tertiary/aromatic N) is 2. The minimum atomic E-state index is -0.268. The molecular weight excluding hydrogens is 372 g/mol. The number of carbonyl (C=O) groups excluding carboxylic acids is 2. The Kier molecular flexibility index (Phi) is 5.06. The van der Waals surface area contributed by atoms with E-state index in [-0.39, 0.29) is 16.7 Å². The molecular formula is C22H24N2O3S. The second kappa shape index (κ2) is 7.51. The maximum absolute atomic E-state index is 12.8. The summed E-state index contributed by atoms with van der Waals surface area (Å²) in [4.78, 5) is 29.1. The number of amides is 2. The lowest BCUT2D eigenvalue weighted by Crippen LogP contribution is -2.53. The Labute approximate surface area is 169 Å². The zero-order chi connectivity index (χ0) is 19.7. The first-order chi connectivity index (χ1) is 13.5. The van der Waals surface area contributed by atoms with Crippen molar-refractivity contribution in [2.24, 2.45) is 0 Å². The van der Waals surface area contributed by atoms with E-state index < -0.39 is 0 Å². The van der Waals surface area contributed by atoms with E-state index in [0.29, 0.717) is 18.8 Å². The number of carbonyl (C=O) groups is 2. The molecule has 0 radical (unpaired) electrons. The molecule has 0 unspecified atom stereocenters. The van der Waals surface area contributed by atoms with Crippen LogP contribution in [0.3, 0.4) is 0 Å². The number of rotatable bonds is 3. The Morgan fingerprint density at radius 3 is 2.29 bits per heavy atom. The molecule has 2 saturated heterocycles. The van der Waals surface area contributed by atoms with Crippen LogP contribution < -0.4 is 9.64 Å². The predicted molar refractivity (Wildman–Crippen MR) is 112 cm³/mol. The van der Waals surface area contributed by atoms with E-state index in [1.807, 2.05) is 65.3 Å². The van der Waals surface area contributed by atoms with Gasteiger partial charge in [0, 0.05) is 24.3 Å². The highest BCUT2D eigenvalue weighted by Gasteiger charge is 2.49. The Hall–Kier alpha value is -2.47. The van der Waals surface area contributed by atoms with E-state index in [1.165, 1.54) is 0 Å². The molecule has 2 aromatic carbocycles. The van der Waals surface area contributed by atoms with Crippen LogP contribution in [-0.2, 0) is 4.79 Å². The van der Waals surface area contributed by atoms with Crippen LogP contribution in [0.5, 0.6) is 5.75 Å². The Bertz CT molecular complexity index is 872. The van der Waals surface area contributed by atoms with Crippen LogP contribution in [0.2, 0.25) is 0 Å². The highest BCUT2D eigenvalue weighted by Crippen LogP contribution is 2.47. The highest BCUT2D eigenvalue weighted by molar-refractivity contribution is 8.02. The maximum atomic E-state index is 12.8. The van der Waals surface area contributed by atoms with Gasteiger partial charge in [-0.1, -0.05) is 17.7 Å². The van der Waals surface area contributed by atoms with Gasteiger partial charge in [-0.25, -0.2) is 0 Å². The van der Waals surface area contributed by atoms with Gasteiger partial charge in [0.15, 0.2) is 0 Å². The van der Waals surface area contributed by atoms with E-state index in [9.17, 15) is 9.59 Å². The van der Waals surface area contributed by atoms with Crippen molar-refractivity contribution in [1.82, 2.24) is 4.90 Å². The van der Waals surface area contributed by atoms with E-state index in [4.69, 9.17) is 4.74 Å². The molecule has 2 aliphatic rings. The maximum Gasteiger partial charge on any atom is 0.253 e. The van der Waals surface area contributed by atoms with Gasteiger partial charge in [0.05, 0.1) is 17.7 Å². The number of ether oxygens (including phenoxy) is 1. The Morgan fingerprint density at radius 1 is 1.04 bits per heavy atom. The molecule has 6 heteroatoms. The largest absolute Gasteiger partial charge is 0.497 e. The van der Waals surface area contributed by atoms with Crippen LogP contribution in [0.1, 0.15) is 28.8 Å². The lowest BCUT2D eigenvalue weighted by molar-refractivity contribution is -0.116. The summed E-state index contributed by atoms with van der Waals surface area (Å²) in [5.74, 6) is 1.46. The van der Waals surface area contributed by atoms with Crippen molar-refractivity contribution in [3.05, 3.63) is 59.7 Å². The minimum absolute atomic E-state index is 0.0696. The van der Waals surface area contributed by atoms with Crippen molar-refractivity contribution in [2.45, 2.75) is 24.6 Å². The number of piperidine rings is 1. The molecule has 2 heterocycles. The summed E-state index contributed by atoms with van der Waals surface area (Å²) in [6.07, 6.45) is 1.54. The lowest BCUT2D eigenvalue weighted by Gasteiger charge is -2.44. The number of thioether (sulfide) groups is 1. The van der Waals surface area contributed by atoms with Gasteiger partial charge < -0.3 is 9.64 Å². The number of methoxy groups -OCH3 is 1. The highest BCUT2D eigenvalue weighted by atomic mass is 32.2. The number of hydrogen-bond donors (Lipinski definition) is 0. The van der Waals surface area contributed by atoms with Crippen molar-refractivity contribution < 1.29 is 14.3 Å². The predicted octanol–water partition coefficient (Wildman–Crippen LogP) is 3.72. The summed E-state index contributed by atoms with van der Waals surface area (Å²) in [5.41, 5.74) is 2.77. The van der Waals surface area contributed by atoms with Crippen molar-refractivity contribution in [1.29, 1.82) is 0 Å². The molecule has 0 aromatic heterocycles. The molecule has 2 aromatic rings. The molecule has 2 fully saturated rings. The Morgan fingerprint density at radius 2 is 1.68 bits per heavy atom. The average Bonchev–Trinajstić information content (AvgIpc) is 3.04. The van der Waals surface area contributed by atoms with Crippen LogP contribution >= 0.6 is 11.8 Å². The summed E-state index contributed by atoms with van der Waals surface area (Å²) in [5, 5.41) is 0. The first-order valence-electron chi connectivity index (χ1n) is 9.49. The van der Waals surface area contributed by atoms with Gasteiger partial charge in [-0.2, -0.15) is 0 Å². The SMILES string of the molecule is COc1ccc(N2C(=O)CSC23CCN(C(=O)c2ccc(C)cc2)CC3)cc1. The fraction of sp³-hybridized carbons (Fsp3) is 0.364. The second-order valence-corrected chi connectivity index (χ2v) is 8.66. The standard InChI is InChI=1S/C22H24N2O3S/c1-16-3-5-17(6-4-16)21(26)23-13-11-22(12-14-23)24(20(25)15-28-22)18-7-9-19(27-2)10-8-18/h3-10H,11-15H2,1-2H3. The topological polar surface area (TPSA) is 49.9 Å². The Balaban J connectivity index is 1.50. The zero-order valence-electron chi connectivity index (χ0n) is 16.2. The molecule has 0 aliphatic carbocycles. The monoisotopic (exact) mass is 396 g/mol. The van der Waals surface area contributed by atoms with Crippen LogP contribution in [0.15, 0.2) is 48.5 Å². The minimum Gasteiger partial charge on any atom is -0.497 e. The van der Waals surface area contributed by atoms with E-state index in [1.54, 1.807) is 18.9 Å². The van der Waals surface area contributed by atoms with Crippen LogP contribution in [0.4, 0.5) is 5.69 Å². The quantitative estimate of drug-likeness (QED) is 0.794. The lowest BCUT2D eigenvalue weighted by atomic mass is 10.00. The molecule has 0 atom stereocenters. The van der Waals surface area contributed by atoms with Gasteiger partial charge in [-0.05, 0) is 56.2 Å². The second-order valence-electron chi connectivity index (χ2n) is 7.32. The van der Waals surface area contributed by atoms with Crippen LogP contribution in [0, 0.1) is 6.92 Å². The number of benzene rings is 2. The van der Waals surface area contributed by atoms with Crippen molar-refractivity contribution in [3.8, 4) is 5.75 Å². The molecule has 28 heavy (non-hydrogen) atoms. The third-order valence-corrected chi connectivity index (χ3v) is 7.10. The van der Waals surface area contributed by atoms with Gasteiger partial charge in [0.1, 0.15) is 5.75 Å². The third kappa shape index (κ3) is 3.37. The van der Waals surface area contributed by atoms with Crippen LogP contribution in [0.25, 0.3) is 0 Å². The molecule has 2 amide bonds. The number of likely N-dealkylation sites (tertiary alicyclic amines) is 1. The summed E-state index contributed by atoms with van der Waals surface area (Å²) in [6.45, 7) is 3.32. The normalized spacial score (nSPS) is 18.6. The molecule has 0 bridgehead atoms. The van der Waals surface area contributed by atoms with Gasteiger partial charge >= 0.3 is 0 Å². The summed E-state index contributed by atoms with van der Waals surface area (Å²) in [6, 6.07) is 15.4. The van der Waals surface area contributed by atoms with Gasteiger partial charge in [-0.3, -0.25) is 14.5 Å². The molecule has 0 saturated carbocycles. The van der Waals surface area contributed by atoms with Crippen LogP contribution in [-0.4, -0.2) is 47.5 Å². The van der Waals surface area contributed by atoms with Crippen molar-refractivity contribution in [3.63, 3.8) is 0 Å². The first-order valence-corrected chi connectivity index (χ1v) is 10.5. The van der Waals surface area contributed by atoms with Gasteiger partial charge in [0.2, 0.25) is 5.91 Å². The first kappa shape index (κ1) is 18.9. The summed E-state index contributed by atoms with van der Waals surface area (Å²) in [7, 11) is 1.63. The van der Waals surface area contributed by atoms with Crippen molar-refractivity contribution >= 4 is 29.3 Å². The number of aryl methyl sites for hydroxylation is 1. The average molecular weight is 397 g/mol. The molecule has 2 aliphatic heterocycles. The third-order valence-electron chi connectivity index (χ3n) is 5.58. The van der Waals surface area contributed by atoms with Crippen molar-refractivity contribution in [2.75, 3.05) is 30.9 Å². The summed E-state index contributed by atoms with van der Waals surface area (Å²) >= 11 is 1.71.